The van der Waals surface area contributed by atoms with Crippen LogP contribution in [0.2, 0.25) is 0 Å². The number of benzene rings is 1. The number of aliphatic carboxylic acids is 1. The monoisotopic (exact) mass is 494 g/mol. The lowest BCUT2D eigenvalue weighted by Gasteiger charge is -2.27. The highest BCUT2D eigenvalue weighted by Gasteiger charge is 2.32. The molecule has 0 aliphatic carbocycles. The van der Waals surface area contributed by atoms with Crippen LogP contribution in [0.1, 0.15) is 46.6 Å². The summed E-state index contributed by atoms with van der Waals surface area (Å²) in [5, 5.41) is 36.2. The molecule has 1 rings (SSSR count). The van der Waals surface area contributed by atoms with Gasteiger partial charge in [-0.15, -0.1) is 0 Å². The van der Waals surface area contributed by atoms with E-state index in [1.807, 2.05) is 13.8 Å². The van der Waals surface area contributed by atoms with E-state index in [-0.39, 0.29) is 30.4 Å². The Morgan fingerprint density at radius 3 is 1.86 bits per heavy atom. The highest BCUT2D eigenvalue weighted by Crippen LogP contribution is 2.13. The van der Waals surface area contributed by atoms with Crippen molar-refractivity contribution in [2.24, 2.45) is 17.6 Å². The van der Waals surface area contributed by atoms with Gasteiger partial charge in [0.2, 0.25) is 17.7 Å². The second-order valence-electron chi connectivity index (χ2n) is 9.46. The molecule has 0 saturated heterocycles. The van der Waals surface area contributed by atoms with Crippen LogP contribution in [0.3, 0.4) is 0 Å². The van der Waals surface area contributed by atoms with Crippen LogP contribution in [0, 0.1) is 11.8 Å². The van der Waals surface area contributed by atoms with Crippen molar-refractivity contribution in [1.29, 1.82) is 0 Å². The lowest BCUT2D eigenvalue weighted by atomic mass is 9.99. The molecule has 0 spiro atoms. The Bertz CT molecular complexity index is 871. The van der Waals surface area contributed by atoms with Gasteiger partial charge < -0.3 is 37.0 Å². The molecule has 0 bridgehead atoms. The second-order valence-corrected chi connectivity index (χ2v) is 9.46. The van der Waals surface area contributed by atoms with Crippen molar-refractivity contribution in [3.8, 4) is 5.75 Å². The maximum Gasteiger partial charge on any atom is 0.326 e. The zero-order valence-electron chi connectivity index (χ0n) is 20.8. The van der Waals surface area contributed by atoms with Crippen molar-refractivity contribution in [3.63, 3.8) is 0 Å². The summed E-state index contributed by atoms with van der Waals surface area (Å²) < 4.78 is 0. The van der Waals surface area contributed by atoms with E-state index in [1.54, 1.807) is 26.0 Å². The third kappa shape index (κ3) is 9.91. The standard InChI is InChI=1S/C24H38N4O7/c1-12(2)10-18(24(34)35)27-21(31)17(11-15-6-8-16(30)9-7-15)26-23(33)20(13(3)4)28-22(32)19(25)14(5)29/h6-9,12-14,17-20,29-30H,10-11,25H2,1-5H3,(H,26,33)(H,27,31)(H,28,32)(H,34,35). The van der Waals surface area contributed by atoms with Crippen molar-refractivity contribution < 1.29 is 34.5 Å². The van der Waals surface area contributed by atoms with E-state index >= 15 is 0 Å². The molecule has 11 nitrogen and oxygen atoms in total. The molecule has 0 heterocycles. The summed E-state index contributed by atoms with van der Waals surface area (Å²) in [6.45, 7) is 8.38. The van der Waals surface area contributed by atoms with Gasteiger partial charge in [-0.3, -0.25) is 14.4 Å². The molecule has 0 aliphatic heterocycles. The minimum atomic E-state index is -1.24. The average Bonchev–Trinajstić information content (AvgIpc) is 2.76. The lowest BCUT2D eigenvalue weighted by molar-refractivity contribution is -0.142. The number of carboxylic acid groups (broad SMARTS) is 1. The van der Waals surface area contributed by atoms with E-state index in [1.165, 1.54) is 19.1 Å². The molecule has 0 radical (unpaired) electrons. The summed E-state index contributed by atoms with van der Waals surface area (Å²) in [4.78, 5) is 50.1. The van der Waals surface area contributed by atoms with Crippen LogP contribution in [-0.2, 0) is 25.6 Å². The molecule has 11 heteroatoms. The van der Waals surface area contributed by atoms with E-state index in [2.05, 4.69) is 16.0 Å². The first-order chi connectivity index (χ1) is 16.2. The molecule has 0 aromatic heterocycles. The number of rotatable bonds is 13. The van der Waals surface area contributed by atoms with E-state index < -0.39 is 54.0 Å². The molecule has 0 aliphatic rings. The van der Waals surface area contributed by atoms with E-state index in [4.69, 9.17) is 5.73 Å². The first kappa shape index (κ1) is 29.9. The predicted octanol–water partition coefficient (Wildman–Crippen LogP) is -0.116. The fourth-order valence-corrected chi connectivity index (χ4v) is 3.31. The summed E-state index contributed by atoms with van der Waals surface area (Å²) in [6.07, 6.45) is -0.923. The largest absolute Gasteiger partial charge is 0.508 e. The van der Waals surface area contributed by atoms with Gasteiger partial charge >= 0.3 is 5.97 Å². The Kier molecular flexibility index (Phi) is 11.6. The zero-order chi connectivity index (χ0) is 26.9. The number of nitrogens with two attached hydrogens (primary N) is 1. The van der Waals surface area contributed by atoms with Gasteiger partial charge in [0.05, 0.1) is 6.10 Å². The maximum absolute atomic E-state index is 13.1. The number of phenols is 1. The van der Waals surface area contributed by atoms with Crippen molar-refractivity contribution in [2.45, 2.75) is 77.7 Å². The van der Waals surface area contributed by atoms with Gasteiger partial charge in [0.25, 0.3) is 0 Å². The summed E-state index contributed by atoms with van der Waals surface area (Å²) >= 11 is 0. The SMILES string of the molecule is CC(C)CC(NC(=O)C(Cc1ccc(O)cc1)NC(=O)C(NC(=O)C(N)C(C)O)C(C)C)C(=O)O. The Morgan fingerprint density at radius 1 is 0.857 bits per heavy atom. The zero-order valence-corrected chi connectivity index (χ0v) is 20.8. The van der Waals surface area contributed by atoms with Gasteiger partial charge in [0.1, 0.15) is 29.9 Å². The van der Waals surface area contributed by atoms with E-state index in [9.17, 15) is 34.5 Å². The predicted molar refractivity (Wildman–Crippen MR) is 129 cm³/mol. The molecule has 0 saturated carbocycles. The molecule has 1 aromatic carbocycles. The van der Waals surface area contributed by atoms with Crippen LogP contribution in [0.15, 0.2) is 24.3 Å². The van der Waals surface area contributed by atoms with Gasteiger partial charge in [-0.25, -0.2) is 4.79 Å². The normalized spacial score (nSPS) is 15.6. The number of carbonyl (C=O) groups is 4. The fraction of sp³-hybridized carbons (Fsp3) is 0.583. The second kappa shape index (κ2) is 13.6. The number of phenolic OH excluding ortho intramolecular Hbond substituents is 1. The first-order valence-corrected chi connectivity index (χ1v) is 11.6. The van der Waals surface area contributed by atoms with Gasteiger partial charge in [-0.1, -0.05) is 39.8 Å². The summed E-state index contributed by atoms with van der Waals surface area (Å²) in [6, 6.07) is 1.40. The Morgan fingerprint density at radius 2 is 1.40 bits per heavy atom. The number of nitrogens with one attached hydrogen (secondary N) is 3. The molecule has 3 amide bonds. The smallest absolute Gasteiger partial charge is 0.326 e. The summed E-state index contributed by atoms with van der Waals surface area (Å²) in [7, 11) is 0. The molecule has 1 aromatic rings. The number of aliphatic hydroxyl groups excluding tert-OH is 1. The minimum Gasteiger partial charge on any atom is -0.508 e. The lowest BCUT2D eigenvalue weighted by Crippen LogP contribution is -2.59. The number of aromatic hydroxyl groups is 1. The highest BCUT2D eigenvalue weighted by molar-refractivity contribution is 5.94. The Balaban J connectivity index is 3.15. The number of carboxylic acids is 1. The Labute approximate surface area is 205 Å². The summed E-state index contributed by atoms with van der Waals surface area (Å²) in [5.74, 6) is -3.64. The summed E-state index contributed by atoms with van der Waals surface area (Å²) in [5.41, 5.74) is 6.27. The fourth-order valence-electron chi connectivity index (χ4n) is 3.31. The molecule has 5 unspecified atom stereocenters. The molecule has 5 atom stereocenters. The number of hydrogen-bond acceptors (Lipinski definition) is 7. The molecular formula is C24H38N4O7. The number of hydrogen-bond donors (Lipinski definition) is 7. The minimum absolute atomic E-state index is 0.000184. The van der Waals surface area contributed by atoms with Crippen LogP contribution in [0.5, 0.6) is 5.75 Å². The van der Waals surface area contributed by atoms with Gasteiger partial charge in [0, 0.05) is 6.42 Å². The van der Waals surface area contributed by atoms with Crippen molar-refractivity contribution in [1.82, 2.24) is 16.0 Å². The van der Waals surface area contributed by atoms with Crippen LogP contribution in [-0.4, -0.2) is 69.3 Å². The van der Waals surface area contributed by atoms with E-state index in [0.717, 1.165) is 0 Å². The van der Waals surface area contributed by atoms with Gasteiger partial charge in [-0.05, 0) is 42.9 Å². The van der Waals surface area contributed by atoms with Gasteiger partial charge in [0.15, 0.2) is 0 Å². The molecule has 8 N–H and O–H groups in total. The first-order valence-electron chi connectivity index (χ1n) is 11.6. The third-order valence-corrected chi connectivity index (χ3v) is 5.40. The van der Waals surface area contributed by atoms with Crippen molar-refractivity contribution >= 4 is 23.7 Å². The number of amides is 3. The molecule has 35 heavy (non-hydrogen) atoms. The topological polar surface area (TPSA) is 191 Å². The third-order valence-electron chi connectivity index (χ3n) is 5.40. The Hall–Kier alpha value is -3.18. The number of carbonyl (C=O) groups excluding carboxylic acids is 3. The highest BCUT2D eigenvalue weighted by atomic mass is 16.4. The van der Waals surface area contributed by atoms with Crippen LogP contribution in [0.4, 0.5) is 0 Å². The molecule has 196 valence electrons. The van der Waals surface area contributed by atoms with Crippen LogP contribution in [0.25, 0.3) is 0 Å². The number of aliphatic hydroxyl groups is 1. The van der Waals surface area contributed by atoms with Crippen LogP contribution >= 0.6 is 0 Å². The van der Waals surface area contributed by atoms with Gasteiger partial charge in [-0.2, -0.15) is 0 Å². The van der Waals surface area contributed by atoms with Crippen LogP contribution < -0.4 is 21.7 Å². The quantitative estimate of drug-likeness (QED) is 0.197. The van der Waals surface area contributed by atoms with Crippen molar-refractivity contribution in [2.75, 3.05) is 0 Å². The van der Waals surface area contributed by atoms with Crippen molar-refractivity contribution in [3.05, 3.63) is 29.8 Å². The molecular weight excluding hydrogens is 456 g/mol. The maximum atomic E-state index is 13.1. The average molecular weight is 495 g/mol. The molecule has 0 fully saturated rings. The van der Waals surface area contributed by atoms with E-state index in [0.29, 0.717) is 5.56 Å².